The second-order valence-electron chi connectivity index (χ2n) is 4.46. The highest BCUT2D eigenvalue weighted by Crippen LogP contribution is 2.03. The van der Waals surface area contributed by atoms with Crippen molar-refractivity contribution in [1.29, 1.82) is 0 Å². The number of guanidine groups is 1. The van der Waals surface area contributed by atoms with Gasteiger partial charge in [-0.2, -0.15) is 0 Å². The molecule has 0 bridgehead atoms. The highest BCUT2D eigenvalue weighted by atomic mass is 19.1. The molecule has 0 radical (unpaired) electrons. The topological polar surface area (TPSA) is 36.4 Å². The summed E-state index contributed by atoms with van der Waals surface area (Å²) >= 11 is 0. The lowest BCUT2D eigenvalue weighted by molar-refractivity contribution is 0.627. The van der Waals surface area contributed by atoms with Gasteiger partial charge in [-0.1, -0.05) is 31.9 Å². The van der Waals surface area contributed by atoms with Crippen LogP contribution in [0.2, 0.25) is 0 Å². The van der Waals surface area contributed by atoms with Gasteiger partial charge in [0.05, 0.1) is 6.54 Å². The molecule has 3 nitrogen and oxygen atoms in total. The summed E-state index contributed by atoms with van der Waals surface area (Å²) in [5.74, 6) is 0.611. The Labute approximate surface area is 115 Å². The summed E-state index contributed by atoms with van der Waals surface area (Å²) in [5.41, 5.74) is 1.01. The molecule has 0 spiro atoms. The summed E-state index contributed by atoms with van der Waals surface area (Å²) in [4.78, 5) is 4.48. The maximum Gasteiger partial charge on any atom is 0.191 e. The number of unbranched alkanes of at least 4 members (excludes halogenated alkanes) is 2. The first-order valence-electron chi connectivity index (χ1n) is 7.03. The van der Waals surface area contributed by atoms with Gasteiger partial charge in [0.2, 0.25) is 0 Å². The van der Waals surface area contributed by atoms with E-state index in [0.717, 1.165) is 31.0 Å². The minimum absolute atomic E-state index is 0.211. The van der Waals surface area contributed by atoms with Gasteiger partial charge in [0.1, 0.15) is 5.82 Å². The molecule has 0 fully saturated rings. The number of benzene rings is 1. The summed E-state index contributed by atoms with van der Waals surface area (Å²) in [6.07, 6.45) is 3.59. The van der Waals surface area contributed by atoms with Crippen LogP contribution in [0.4, 0.5) is 4.39 Å². The smallest absolute Gasteiger partial charge is 0.191 e. The molecule has 1 rings (SSSR count). The standard InChI is InChI=1S/C15H24FN3/c1-3-5-6-11-18-15(17-4-2)19-12-13-7-9-14(16)10-8-13/h7-10H,3-6,11-12H2,1-2H3,(H2,17,18,19). The second kappa shape index (κ2) is 9.36. The van der Waals surface area contributed by atoms with Gasteiger partial charge in [-0.25, -0.2) is 9.38 Å². The largest absolute Gasteiger partial charge is 0.357 e. The van der Waals surface area contributed by atoms with Crippen molar-refractivity contribution in [2.24, 2.45) is 4.99 Å². The van der Waals surface area contributed by atoms with Crippen molar-refractivity contribution in [2.45, 2.75) is 39.7 Å². The number of nitrogens with one attached hydrogen (secondary N) is 2. The van der Waals surface area contributed by atoms with E-state index >= 15 is 0 Å². The molecule has 1 aromatic rings. The van der Waals surface area contributed by atoms with E-state index in [1.165, 1.54) is 25.0 Å². The third-order valence-corrected chi connectivity index (χ3v) is 2.75. The zero-order valence-corrected chi connectivity index (χ0v) is 11.9. The minimum atomic E-state index is -0.211. The van der Waals surface area contributed by atoms with Crippen LogP contribution in [-0.4, -0.2) is 19.0 Å². The number of hydrogen-bond acceptors (Lipinski definition) is 1. The summed E-state index contributed by atoms with van der Waals surface area (Å²) < 4.78 is 12.8. The number of nitrogens with zero attached hydrogens (tertiary/aromatic N) is 1. The first kappa shape index (κ1) is 15.5. The van der Waals surface area contributed by atoms with Crippen LogP contribution in [0.1, 0.15) is 38.7 Å². The van der Waals surface area contributed by atoms with E-state index in [-0.39, 0.29) is 5.82 Å². The van der Waals surface area contributed by atoms with Crippen LogP contribution in [-0.2, 0) is 6.54 Å². The summed E-state index contributed by atoms with van der Waals surface area (Å²) in [5, 5.41) is 6.51. The molecule has 0 heterocycles. The SMILES string of the molecule is CCCCCNC(=NCc1ccc(F)cc1)NCC. The van der Waals surface area contributed by atoms with Gasteiger partial charge in [-0.05, 0) is 31.0 Å². The molecule has 0 saturated heterocycles. The van der Waals surface area contributed by atoms with Gasteiger partial charge in [0, 0.05) is 13.1 Å². The lowest BCUT2D eigenvalue weighted by atomic mass is 10.2. The molecular weight excluding hydrogens is 241 g/mol. The Kier molecular flexibility index (Phi) is 7.63. The zero-order valence-electron chi connectivity index (χ0n) is 11.9. The predicted octanol–water partition coefficient (Wildman–Crippen LogP) is 3.07. The molecule has 2 N–H and O–H groups in total. The van der Waals surface area contributed by atoms with E-state index in [1.54, 1.807) is 12.1 Å². The third-order valence-electron chi connectivity index (χ3n) is 2.75. The number of aliphatic imine (C=N–C) groups is 1. The lowest BCUT2D eigenvalue weighted by Crippen LogP contribution is -2.37. The highest BCUT2D eigenvalue weighted by molar-refractivity contribution is 5.79. The Hall–Kier alpha value is -1.58. The van der Waals surface area contributed by atoms with Crippen LogP contribution >= 0.6 is 0 Å². The first-order valence-corrected chi connectivity index (χ1v) is 7.03. The first-order chi connectivity index (χ1) is 9.26. The van der Waals surface area contributed by atoms with E-state index < -0.39 is 0 Å². The van der Waals surface area contributed by atoms with Gasteiger partial charge in [-0.15, -0.1) is 0 Å². The molecule has 1 aromatic carbocycles. The van der Waals surface area contributed by atoms with Crippen LogP contribution in [0.3, 0.4) is 0 Å². The van der Waals surface area contributed by atoms with E-state index in [4.69, 9.17) is 0 Å². The summed E-state index contributed by atoms with van der Waals surface area (Å²) in [6, 6.07) is 6.46. The van der Waals surface area contributed by atoms with Crippen LogP contribution in [0.5, 0.6) is 0 Å². The van der Waals surface area contributed by atoms with Gasteiger partial charge < -0.3 is 10.6 Å². The van der Waals surface area contributed by atoms with Crippen molar-refractivity contribution >= 4 is 5.96 Å². The maximum absolute atomic E-state index is 12.8. The van der Waals surface area contributed by atoms with Crippen molar-refractivity contribution in [2.75, 3.05) is 13.1 Å². The quantitative estimate of drug-likeness (QED) is 0.451. The lowest BCUT2D eigenvalue weighted by Gasteiger charge is -2.11. The summed E-state index contributed by atoms with van der Waals surface area (Å²) in [7, 11) is 0. The zero-order chi connectivity index (χ0) is 13.9. The molecule has 106 valence electrons. The fourth-order valence-electron chi connectivity index (χ4n) is 1.68. The van der Waals surface area contributed by atoms with Crippen LogP contribution in [0.25, 0.3) is 0 Å². The Bertz CT molecular complexity index is 373. The fraction of sp³-hybridized carbons (Fsp3) is 0.533. The van der Waals surface area contributed by atoms with E-state index in [2.05, 4.69) is 22.5 Å². The Balaban J connectivity index is 2.45. The molecule has 0 unspecified atom stereocenters. The van der Waals surface area contributed by atoms with Crippen molar-refractivity contribution in [3.05, 3.63) is 35.6 Å². The molecule has 0 aliphatic heterocycles. The van der Waals surface area contributed by atoms with Gasteiger partial charge in [0.25, 0.3) is 0 Å². The average Bonchev–Trinajstić information content (AvgIpc) is 2.42. The normalized spacial score (nSPS) is 11.4. The Morgan fingerprint density at radius 2 is 1.84 bits per heavy atom. The monoisotopic (exact) mass is 265 g/mol. The van der Waals surface area contributed by atoms with Crippen molar-refractivity contribution < 1.29 is 4.39 Å². The molecule has 0 saturated carbocycles. The number of halogens is 1. The Morgan fingerprint density at radius 1 is 1.11 bits per heavy atom. The van der Waals surface area contributed by atoms with E-state index in [0.29, 0.717) is 6.54 Å². The molecule has 4 heteroatoms. The molecule has 19 heavy (non-hydrogen) atoms. The van der Waals surface area contributed by atoms with E-state index in [9.17, 15) is 4.39 Å². The van der Waals surface area contributed by atoms with Crippen LogP contribution in [0.15, 0.2) is 29.3 Å². The molecule has 0 aromatic heterocycles. The van der Waals surface area contributed by atoms with E-state index in [1.807, 2.05) is 6.92 Å². The van der Waals surface area contributed by atoms with Crippen molar-refractivity contribution in [1.82, 2.24) is 10.6 Å². The van der Waals surface area contributed by atoms with Gasteiger partial charge in [0.15, 0.2) is 5.96 Å². The molecule has 0 aliphatic carbocycles. The van der Waals surface area contributed by atoms with Gasteiger partial charge >= 0.3 is 0 Å². The van der Waals surface area contributed by atoms with Crippen molar-refractivity contribution in [3.63, 3.8) is 0 Å². The molecular formula is C15H24FN3. The second-order valence-corrected chi connectivity index (χ2v) is 4.46. The predicted molar refractivity (Wildman–Crippen MR) is 78.7 cm³/mol. The molecule has 0 aliphatic rings. The minimum Gasteiger partial charge on any atom is -0.357 e. The fourth-order valence-corrected chi connectivity index (χ4v) is 1.68. The third kappa shape index (κ3) is 6.79. The average molecular weight is 265 g/mol. The van der Waals surface area contributed by atoms with Crippen LogP contribution < -0.4 is 10.6 Å². The van der Waals surface area contributed by atoms with Gasteiger partial charge in [-0.3, -0.25) is 0 Å². The highest BCUT2D eigenvalue weighted by Gasteiger charge is 1.97. The van der Waals surface area contributed by atoms with Crippen LogP contribution in [0, 0.1) is 5.82 Å². The number of rotatable bonds is 7. The Morgan fingerprint density at radius 3 is 2.47 bits per heavy atom. The maximum atomic E-state index is 12.8. The molecule has 0 amide bonds. The van der Waals surface area contributed by atoms with Crippen molar-refractivity contribution in [3.8, 4) is 0 Å². The molecule has 0 atom stereocenters. The number of hydrogen-bond donors (Lipinski definition) is 2. The summed E-state index contributed by atoms with van der Waals surface area (Å²) in [6.45, 7) is 6.56.